The molecule has 0 aliphatic carbocycles. The first-order valence-corrected chi connectivity index (χ1v) is 4.07. The van der Waals surface area contributed by atoms with E-state index in [2.05, 4.69) is 11.9 Å². The van der Waals surface area contributed by atoms with E-state index in [1.807, 2.05) is 6.92 Å². The maximum Gasteiger partial charge on any atom is 0.0552 e. The number of likely N-dealkylation sites (tertiary alicyclic amines) is 1. The highest BCUT2D eigenvalue weighted by molar-refractivity contribution is 4.73. The van der Waals surface area contributed by atoms with Crippen LogP contribution in [0, 0.1) is 5.92 Å². The third-order valence-electron chi connectivity index (χ3n) is 2.34. The van der Waals surface area contributed by atoms with Crippen molar-refractivity contribution in [1.82, 2.24) is 4.90 Å². The normalized spacial score (nSPS) is 32.1. The van der Waals surface area contributed by atoms with Crippen molar-refractivity contribution >= 4 is 0 Å². The number of piperidine rings is 1. The number of nitrogens with zero attached hydrogens (tertiary/aromatic N) is 1. The Kier molecular flexibility index (Phi) is 2.69. The molecule has 1 heterocycles. The van der Waals surface area contributed by atoms with Gasteiger partial charge in [-0.1, -0.05) is 0 Å². The quantitative estimate of drug-likeness (QED) is 0.584. The van der Waals surface area contributed by atoms with Gasteiger partial charge in [-0.2, -0.15) is 0 Å². The number of aliphatic hydroxyl groups excluding tert-OH is 1. The largest absolute Gasteiger partial charge is 0.393 e. The Labute approximate surface area is 62.8 Å². The molecule has 0 aromatic heterocycles. The summed E-state index contributed by atoms with van der Waals surface area (Å²) in [6.45, 7) is 4.16. The Balaban J connectivity index is 2.32. The average molecular weight is 143 g/mol. The molecule has 0 radical (unpaired) electrons. The van der Waals surface area contributed by atoms with E-state index in [-0.39, 0.29) is 6.10 Å². The summed E-state index contributed by atoms with van der Waals surface area (Å²) in [4.78, 5) is 2.29. The van der Waals surface area contributed by atoms with Crippen molar-refractivity contribution in [1.29, 1.82) is 0 Å². The highest BCUT2D eigenvalue weighted by Crippen LogP contribution is 2.17. The van der Waals surface area contributed by atoms with Gasteiger partial charge in [-0.15, -0.1) is 0 Å². The molecule has 1 fully saturated rings. The lowest BCUT2D eigenvalue weighted by atomic mass is 9.94. The van der Waals surface area contributed by atoms with Crippen molar-refractivity contribution in [3.63, 3.8) is 0 Å². The predicted molar refractivity (Wildman–Crippen MR) is 41.9 cm³/mol. The summed E-state index contributed by atoms with van der Waals surface area (Å²) in [5, 5.41) is 9.27. The van der Waals surface area contributed by atoms with E-state index >= 15 is 0 Å². The van der Waals surface area contributed by atoms with Crippen molar-refractivity contribution in [2.24, 2.45) is 5.92 Å². The van der Waals surface area contributed by atoms with Crippen LogP contribution >= 0.6 is 0 Å². The van der Waals surface area contributed by atoms with Gasteiger partial charge < -0.3 is 10.0 Å². The maximum atomic E-state index is 9.27. The molecule has 1 aliphatic heterocycles. The fraction of sp³-hybridized carbons (Fsp3) is 1.00. The van der Waals surface area contributed by atoms with E-state index in [0.29, 0.717) is 5.92 Å². The van der Waals surface area contributed by atoms with Crippen LogP contribution in [0.25, 0.3) is 0 Å². The Bertz CT molecular complexity index is 103. The first-order chi connectivity index (χ1) is 4.70. The van der Waals surface area contributed by atoms with Gasteiger partial charge in [-0.3, -0.25) is 0 Å². The Morgan fingerprint density at radius 3 is 2.70 bits per heavy atom. The van der Waals surface area contributed by atoms with Crippen LogP contribution in [0.2, 0.25) is 0 Å². The third-order valence-corrected chi connectivity index (χ3v) is 2.34. The van der Waals surface area contributed by atoms with E-state index in [1.54, 1.807) is 0 Å². The molecule has 0 bridgehead atoms. The molecule has 1 N–H and O–H groups in total. The van der Waals surface area contributed by atoms with Crippen LogP contribution < -0.4 is 0 Å². The van der Waals surface area contributed by atoms with Crippen LogP contribution in [0.15, 0.2) is 0 Å². The molecule has 0 aromatic rings. The fourth-order valence-corrected chi connectivity index (χ4v) is 1.60. The number of hydrogen-bond acceptors (Lipinski definition) is 2. The Morgan fingerprint density at radius 1 is 1.60 bits per heavy atom. The van der Waals surface area contributed by atoms with E-state index in [4.69, 9.17) is 0 Å². The smallest absolute Gasteiger partial charge is 0.0552 e. The molecule has 2 heteroatoms. The predicted octanol–water partition coefficient (Wildman–Crippen LogP) is 0.709. The van der Waals surface area contributed by atoms with Gasteiger partial charge in [-0.05, 0) is 39.3 Å². The molecule has 0 aromatic carbocycles. The molecular formula is C8H17NO. The Hall–Kier alpha value is -0.0800. The molecule has 0 spiro atoms. The first-order valence-electron chi connectivity index (χ1n) is 4.07. The van der Waals surface area contributed by atoms with Crippen LogP contribution in [-0.2, 0) is 0 Å². The summed E-state index contributed by atoms with van der Waals surface area (Å²) >= 11 is 0. The molecule has 1 rings (SSSR count). The SMILES string of the molecule is CC(O)C1CCCN(C)C1. The zero-order valence-corrected chi connectivity index (χ0v) is 6.88. The van der Waals surface area contributed by atoms with Gasteiger partial charge >= 0.3 is 0 Å². The Morgan fingerprint density at radius 2 is 2.30 bits per heavy atom. The minimum Gasteiger partial charge on any atom is -0.393 e. The van der Waals surface area contributed by atoms with E-state index in [1.165, 1.54) is 19.4 Å². The van der Waals surface area contributed by atoms with Crippen molar-refractivity contribution in [3.05, 3.63) is 0 Å². The highest BCUT2D eigenvalue weighted by Gasteiger charge is 2.20. The van der Waals surface area contributed by atoms with E-state index < -0.39 is 0 Å². The van der Waals surface area contributed by atoms with Gasteiger partial charge in [-0.25, -0.2) is 0 Å². The number of aliphatic hydroxyl groups is 1. The monoisotopic (exact) mass is 143 g/mol. The minimum absolute atomic E-state index is 0.122. The summed E-state index contributed by atoms with van der Waals surface area (Å²) in [5.74, 6) is 0.513. The van der Waals surface area contributed by atoms with E-state index in [9.17, 15) is 5.11 Å². The second kappa shape index (κ2) is 3.35. The second-order valence-corrected chi connectivity index (χ2v) is 3.41. The molecule has 2 nitrogen and oxygen atoms in total. The topological polar surface area (TPSA) is 23.5 Å². The van der Waals surface area contributed by atoms with Crippen molar-refractivity contribution < 1.29 is 5.11 Å². The summed E-state index contributed by atoms with van der Waals surface area (Å²) < 4.78 is 0. The molecular weight excluding hydrogens is 126 g/mol. The zero-order chi connectivity index (χ0) is 7.56. The van der Waals surface area contributed by atoms with Crippen molar-refractivity contribution in [3.8, 4) is 0 Å². The lowest BCUT2D eigenvalue weighted by Crippen LogP contribution is -2.36. The molecule has 0 saturated carbocycles. The van der Waals surface area contributed by atoms with Crippen LogP contribution in [0.1, 0.15) is 19.8 Å². The summed E-state index contributed by atoms with van der Waals surface area (Å²) in [6.07, 6.45) is 2.32. The summed E-state index contributed by atoms with van der Waals surface area (Å²) in [6, 6.07) is 0. The molecule has 2 atom stereocenters. The average Bonchev–Trinajstić information content (AvgIpc) is 1.88. The molecule has 10 heavy (non-hydrogen) atoms. The van der Waals surface area contributed by atoms with Gasteiger partial charge in [0.25, 0.3) is 0 Å². The third kappa shape index (κ3) is 1.96. The lowest BCUT2D eigenvalue weighted by molar-refractivity contribution is 0.0728. The fourth-order valence-electron chi connectivity index (χ4n) is 1.60. The molecule has 1 saturated heterocycles. The number of rotatable bonds is 1. The molecule has 1 aliphatic rings. The van der Waals surface area contributed by atoms with Gasteiger partial charge in [0.05, 0.1) is 6.10 Å². The molecule has 60 valence electrons. The van der Waals surface area contributed by atoms with Crippen molar-refractivity contribution in [2.75, 3.05) is 20.1 Å². The summed E-state index contributed by atoms with van der Waals surface area (Å²) in [7, 11) is 2.12. The first kappa shape index (κ1) is 8.02. The van der Waals surface area contributed by atoms with Gasteiger partial charge in [0.2, 0.25) is 0 Å². The van der Waals surface area contributed by atoms with Crippen LogP contribution in [0.3, 0.4) is 0 Å². The van der Waals surface area contributed by atoms with Crippen molar-refractivity contribution in [2.45, 2.75) is 25.9 Å². The second-order valence-electron chi connectivity index (χ2n) is 3.41. The highest BCUT2D eigenvalue weighted by atomic mass is 16.3. The number of hydrogen-bond donors (Lipinski definition) is 1. The minimum atomic E-state index is -0.122. The zero-order valence-electron chi connectivity index (χ0n) is 6.88. The van der Waals surface area contributed by atoms with E-state index in [0.717, 1.165) is 6.54 Å². The van der Waals surface area contributed by atoms with Gasteiger partial charge in [0.15, 0.2) is 0 Å². The maximum absolute atomic E-state index is 9.27. The lowest BCUT2D eigenvalue weighted by Gasteiger charge is -2.31. The van der Waals surface area contributed by atoms with Crippen LogP contribution in [0.5, 0.6) is 0 Å². The van der Waals surface area contributed by atoms with Gasteiger partial charge in [0, 0.05) is 6.54 Å². The van der Waals surface area contributed by atoms with Gasteiger partial charge in [0.1, 0.15) is 0 Å². The van der Waals surface area contributed by atoms with Crippen LogP contribution in [-0.4, -0.2) is 36.2 Å². The van der Waals surface area contributed by atoms with Crippen LogP contribution in [0.4, 0.5) is 0 Å². The molecule has 2 unspecified atom stereocenters. The summed E-state index contributed by atoms with van der Waals surface area (Å²) in [5.41, 5.74) is 0. The standard InChI is InChI=1S/C8H17NO/c1-7(10)8-4-3-5-9(2)6-8/h7-8,10H,3-6H2,1-2H3. The molecule has 0 amide bonds.